The van der Waals surface area contributed by atoms with Crippen molar-refractivity contribution >= 4 is 28.5 Å². The molecule has 1 saturated heterocycles. The summed E-state index contributed by atoms with van der Waals surface area (Å²) in [6, 6.07) is 0. The van der Waals surface area contributed by atoms with Gasteiger partial charge in [-0.3, -0.25) is 0 Å². The molecule has 16 heavy (non-hydrogen) atoms. The molecule has 1 N–H and O–H groups in total. The Labute approximate surface area is 106 Å². The summed E-state index contributed by atoms with van der Waals surface area (Å²) in [4.78, 5) is 2.14. The van der Waals surface area contributed by atoms with Gasteiger partial charge in [0, 0.05) is 19.6 Å². The molecule has 6 heteroatoms. The van der Waals surface area contributed by atoms with Crippen LogP contribution >= 0.6 is 12.2 Å². The van der Waals surface area contributed by atoms with E-state index in [9.17, 15) is 4.55 Å². The van der Waals surface area contributed by atoms with E-state index in [1.54, 1.807) is 6.26 Å². The third-order valence-corrected chi connectivity index (χ3v) is 3.70. The number of rotatable bonds is 5. The van der Waals surface area contributed by atoms with Crippen LogP contribution in [0.1, 0.15) is 12.8 Å². The van der Waals surface area contributed by atoms with Crippen molar-refractivity contribution in [2.45, 2.75) is 12.8 Å². The third-order valence-electron chi connectivity index (χ3n) is 2.43. The van der Waals surface area contributed by atoms with Crippen molar-refractivity contribution in [3.63, 3.8) is 0 Å². The zero-order valence-electron chi connectivity index (χ0n) is 9.74. The summed E-state index contributed by atoms with van der Waals surface area (Å²) in [5.74, 6) is 0.784. The maximum Gasteiger partial charge on any atom is 0.169 e. The number of thiocarbonyl (C=S) groups is 1. The highest BCUT2D eigenvalue weighted by molar-refractivity contribution is 7.90. The van der Waals surface area contributed by atoms with E-state index in [2.05, 4.69) is 10.2 Å². The normalized spacial score (nSPS) is 18.2. The number of morpholine rings is 1. The van der Waals surface area contributed by atoms with E-state index in [0.29, 0.717) is 0 Å². The Morgan fingerprint density at radius 3 is 2.75 bits per heavy atom. The molecule has 1 aliphatic rings. The van der Waals surface area contributed by atoms with Gasteiger partial charge in [-0.1, -0.05) is 11.2 Å². The molecule has 1 atom stereocenters. The van der Waals surface area contributed by atoms with Crippen LogP contribution in [-0.4, -0.2) is 59.4 Å². The number of nitrogens with zero attached hydrogens (tertiary/aromatic N) is 1. The van der Waals surface area contributed by atoms with Crippen LogP contribution in [0, 0.1) is 0 Å². The van der Waals surface area contributed by atoms with Crippen LogP contribution in [0.2, 0.25) is 0 Å². The molecule has 1 rings (SSSR count). The SMILES string of the molecule is C[S+]([O-])CCCCNC(=S)N1CCOCC1. The van der Waals surface area contributed by atoms with Gasteiger partial charge in [0.05, 0.1) is 19.5 Å². The predicted molar refractivity (Wildman–Crippen MR) is 71.2 cm³/mol. The molecule has 0 aromatic carbocycles. The molecule has 94 valence electrons. The molecule has 0 bridgehead atoms. The number of hydrogen-bond donors (Lipinski definition) is 1. The minimum atomic E-state index is -0.672. The molecule has 0 saturated carbocycles. The summed E-state index contributed by atoms with van der Waals surface area (Å²) in [6.07, 6.45) is 3.75. The molecule has 1 unspecified atom stereocenters. The molecular weight excluding hydrogens is 244 g/mol. The summed E-state index contributed by atoms with van der Waals surface area (Å²) < 4.78 is 16.1. The van der Waals surface area contributed by atoms with Gasteiger partial charge in [0.1, 0.15) is 5.75 Å². The van der Waals surface area contributed by atoms with E-state index in [1.165, 1.54) is 0 Å². The van der Waals surface area contributed by atoms with Crippen LogP contribution < -0.4 is 5.32 Å². The maximum atomic E-state index is 10.8. The highest BCUT2D eigenvalue weighted by Crippen LogP contribution is 1.98. The number of nitrogens with one attached hydrogen (secondary N) is 1. The van der Waals surface area contributed by atoms with E-state index < -0.39 is 11.2 Å². The van der Waals surface area contributed by atoms with Gasteiger partial charge in [-0.15, -0.1) is 0 Å². The second kappa shape index (κ2) is 8.11. The largest absolute Gasteiger partial charge is 0.617 e. The topological polar surface area (TPSA) is 47.6 Å². The number of hydrogen-bond acceptors (Lipinski definition) is 3. The minimum absolute atomic E-state index is 0.672. The molecule has 1 heterocycles. The Morgan fingerprint density at radius 1 is 1.44 bits per heavy atom. The van der Waals surface area contributed by atoms with Crippen LogP contribution in [0.3, 0.4) is 0 Å². The Morgan fingerprint density at radius 2 is 2.12 bits per heavy atom. The predicted octanol–water partition coefficient (Wildman–Crippen LogP) is 0.352. The lowest BCUT2D eigenvalue weighted by Gasteiger charge is -2.29. The van der Waals surface area contributed by atoms with Crippen molar-refractivity contribution in [2.24, 2.45) is 0 Å². The molecule has 4 nitrogen and oxygen atoms in total. The van der Waals surface area contributed by atoms with Crippen molar-refractivity contribution in [3.8, 4) is 0 Å². The molecule has 1 fully saturated rings. The van der Waals surface area contributed by atoms with Crippen LogP contribution in [0.15, 0.2) is 0 Å². The minimum Gasteiger partial charge on any atom is -0.617 e. The highest BCUT2D eigenvalue weighted by atomic mass is 32.2. The van der Waals surface area contributed by atoms with Crippen molar-refractivity contribution in [1.29, 1.82) is 0 Å². The first-order valence-corrected chi connectivity index (χ1v) is 7.74. The molecule has 0 aliphatic carbocycles. The van der Waals surface area contributed by atoms with Crippen LogP contribution in [0.25, 0.3) is 0 Å². The summed E-state index contributed by atoms with van der Waals surface area (Å²) in [6.45, 7) is 4.15. The summed E-state index contributed by atoms with van der Waals surface area (Å²) in [5.41, 5.74) is 0. The fourth-order valence-corrected chi connectivity index (χ4v) is 2.40. The molecule has 0 aromatic rings. The summed E-state index contributed by atoms with van der Waals surface area (Å²) >= 11 is 4.60. The quantitative estimate of drug-likeness (QED) is 0.441. The van der Waals surface area contributed by atoms with E-state index in [0.717, 1.165) is 56.6 Å². The van der Waals surface area contributed by atoms with Gasteiger partial charge in [-0.05, 0) is 25.1 Å². The van der Waals surface area contributed by atoms with E-state index >= 15 is 0 Å². The number of ether oxygens (including phenoxy) is 1. The Balaban J connectivity index is 2.01. The van der Waals surface area contributed by atoms with E-state index in [1.807, 2.05) is 0 Å². The van der Waals surface area contributed by atoms with Gasteiger partial charge in [0.15, 0.2) is 5.11 Å². The van der Waals surface area contributed by atoms with Crippen molar-refractivity contribution < 1.29 is 9.29 Å². The fraction of sp³-hybridized carbons (Fsp3) is 0.900. The third kappa shape index (κ3) is 5.89. The standard InChI is InChI=1S/C10H20N2O2S2/c1-16(13)9-3-2-4-11-10(15)12-5-7-14-8-6-12/h2-9H2,1H3,(H,11,15). The second-order valence-electron chi connectivity index (χ2n) is 3.82. The second-order valence-corrected chi connectivity index (χ2v) is 5.76. The van der Waals surface area contributed by atoms with Crippen molar-refractivity contribution in [3.05, 3.63) is 0 Å². The molecular formula is C10H20N2O2S2. The van der Waals surface area contributed by atoms with Gasteiger partial charge in [0.2, 0.25) is 0 Å². The monoisotopic (exact) mass is 264 g/mol. The van der Waals surface area contributed by atoms with Crippen molar-refractivity contribution in [1.82, 2.24) is 10.2 Å². The first kappa shape index (κ1) is 14.0. The average molecular weight is 264 g/mol. The lowest BCUT2D eigenvalue weighted by molar-refractivity contribution is 0.0677. The highest BCUT2D eigenvalue weighted by Gasteiger charge is 2.12. The molecule has 1 aliphatic heterocycles. The van der Waals surface area contributed by atoms with Crippen molar-refractivity contribution in [2.75, 3.05) is 44.9 Å². The van der Waals surface area contributed by atoms with Crippen LogP contribution in [0.4, 0.5) is 0 Å². The first-order chi connectivity index (χ1) is 7.70. The van der Waals surface area contributed by atoms with Gasteiger partial charge < -0.3 is 19.5 Å². The molecule has 0 spiro atoms. The summed E-state index contributed by atoms with van der Waals surface area (Å²) in [7, 11) is 0. The molecule has 0 aromatic heterocycles. The van der Waals surface area contributed by atoms with Gasteiger partial charge in [0.25, 0.3) is 0 Å². The molecule has 0 amide bonds. The number of unbranched alkanes of at least 4 members (excludes halogenated alkanes) is 1. The Bertz CT molecular complexity index is 209. The zero-order valence-corrected chi connectivity index (χ0v) is 11.4. The smallest absolute Gasteiger partial charge is 0.169 e. The van der Waals surface area contributed by atoms with E-state index in [-0.39, 0.29) is 0 Å². The Hall–Kier alpha value is -0.0400. The van der Waals surface area contributed by atoms with Gasteiger partial charge in [-0.25, -0.2) is 0 Å². The zero-order chi connectivity index (χ0) is 11.8. The lowest BCUT2D eigenvalue weighted by atomic mass is 10.3. The van der Waals surface area contributed by atoms with Crippen LogP contribution in [0.5, 0.6) is 0 Å². The maximum absolute atomic E-state index is 10.8. The fourth-order valence-electron chi connectivity index (χ4n) is 1.50. The van der Waals surface area contributed by atoms with Gasteiger partial charge in [-0.2, -0.15) is 0 Å². The van der Waals surface area contributed by atoms with Crippen LogP contribution in [-0.2, 0) is 15.9 Å². The van der Waals surface area contributed by atoms with E-state index in [4.69, 9.17) is 17.0 Å². The lowest BCUT2D eigenvalue weighted by Crippen LogP contribution is -2.46. The summed E-state index contributed by atoms with van der Waals surface area (Å²) in [5, 5.41) is 4.05. The molecule has 0 radical (unpaired) electrons. The first-order valence-electron chi connectivity index (χ1n) is 5.60. The van der Waals surface area contributed by atoms with Gasteiger partial charge >= 0.3 is 0 Å². The average Bonchev–Trinajstić information content (AvgIpc) is 2.29. The Kier molecular flexibility index (Phi) is 7.11.